The number of rotatable bonds is 12. The predicted molar refractivity (Wildman–Crippen MR) is 448 cm³/mol. The molecule has 21 atom stereocenters. The first-order chi connectivity index (χ1) is 56.3. The van der Waals surface area contributed by atoms with Crippen LogP contribution in [0, 0.1) is 27.7 Å². The van der Waals surface area contributed by atoms with E-state index in [1.165, 1.54) is 21.9 Å². The van der Waals surface area contributed by atoms with Gasteiger partial charge in [0.25, 0.3) is 0 Å². The number of aliphatic hydroxyl groups is 15. The average molecular weight is 1640 g/mol. The molecule has 8 aromatic rings. The Morgan fingerprint density at radius 3 is 1.14 bits per heavy atom. The zero-order valence-corrected chi connectivity index (χ0v) is 67.0. The van der Waals surface area contributed by atoms with E-state index in [9.17, 15) is 46.0 Å². The lowest BCUT2D eigenvalue weighted by molar-refractivity contribution is -0.0613. The van der Waals surface area contributed by atoms with Crippen LogP contribution in [0.4, 0.5) is 0 Å². The second-order valence-corrected chi connectivity index (χ2v) is 32.3. The maximum absolute atomic E-state index is 10.1. The average Bonchev–Trinajstić information content (AvgIpc) is 1.72. The van der Waals surface area contributed by atoms with Crippen LogP contribution in [0.2, 0.25) is 0 Å². The summed E-state index contributed by atoms with van der Waals surface area (Å²) in [5, 5.41) is 153. The van der Waals surface area contributed by atoms with Gasteiger partial charge in [-0.05, 0) is 153 Å². The van der Waals surface area contributed by atoms with Crippen LogP contribution in [0.3, 0.4) is 0 Å². The van der Waals surface area contributed by atoms with Crippen LogP contribution < -0.4 is 0 Å². The first-order valence-electron chi connectivity index (χ1n) is 39.0. The van der Waals surface area contributed by atoms with Crippen molar-refractivity contribution in [2.75, 3.05) is 39.6 Å². The van der Waals surface area contributed by atoms with Crippen LogP contribution in [0.25, 0.3) is 68.6 Å². The van der Waals surface area contributed by atoms with Gasteiger partial charge in [0.1, 0.15) is 91.8 Å². The number of hydrogen-bond donors (Lipinski definition) is 15. The molecule has 0 aliphatic carbocycles. The number of thiophene rings is 2. The molecule has 10 aliphatic rings. The first kappa shape index (κ1) is 86.4. The normalized spacial score (nSPS) is 30.4. The van der Waals surface area contributed by atoms with Crippen LogP contribution in [-0.4, -0.2) is 252 Å². The van der Waals surface area contributed by atoms with Crippen LogP contribution in [0.5, 0.6) is 0 Å². The molecular weight excluding hydrogens is 1540 g/mol. The van der Waals surface area contributed by atoms with E-state index in [0.717, 1.165) is 93.3 Å². The van der Waals surface area contributed by atoms with Crippen molar-refractivity contribution in [1.82, 2.24) is 19.6 Å². The summed E-state index contributed by atoms with van der Waals surface area (Å²) in [7, 11) is 0. The van der Waals surface area contributed by atoms with Gasteiger partial charge < -0.3 is 125 Å². The fraction of sp³-hybridized carbons (Fsp3) is 0.378. The Hall–Kier alpha value is -8.48. The Labute approximate surface area is 687 Å². The molecule has 12 heterocycles. The maximum Gasteiger partial charge on any atom is 0.163 e. The summed E-state index contributed by atoms with van der Waals surface area (Å²) in [5.74, 6) is 0. The van der Waals surface area contributed by atoms with E-state index in [2.05, 4.69) is 94.8 Å². The fourth-order valence-electron chi connectivity index (χ4n) is 16.0. The molecule has 0 spiro atoms. The number of fused-ring (bicyclic) bond motifs is 6. The molecule has 0 bridgehead atoms. The molecule has 3 unspecified atom stereocenters. The van der Waals surface area contributed by atoms with Gasteiger partial charge in [-0.25, -0.2) is 0 Å². The molecule has 6 aromatic carbocycles. The third-order valence-corrected chi connectivity index (χ3v) is 24.7. The standard InChI is InChI=1S/C16H19NO4.C16H19NO3.C16H18O4.C16H18O3.C13H15NO4S.C13H15NO3S/c1-9-3-4-12-10(2)17(6-5-11(12)7-9)16-15(20)14(19)13(8-18)21-16;1-10-3-4-13-11(2)17(6-5-12(13)7-10)16-8-14(19)15(9-18)20-16;1-9-6-10-4-2-3-5-11(10)7-12(9)16-15(19)14(18)13(8-17)20-16;1-10-6-11-4-2-3-5-12(11)7-13(10)15-8-14(18)16(9-17)19-15;1-7-12-8(3-5-19-12)2-4-14(7)13-11(17)10(16)9(6-15)18-13;1-8-13-9(3-5-18-13)2-4-14(8)12-6-10(16)11(7-15)17-12/h3-7,13-16,18-20H,2,8H2,1H3;3-7,14-16,18-19H,2,8-9H2,1H3;2-7,13-19H,8H2,1H3;2-7,14-18H,8-9H2,1H3;2-5,9-11,13,15-17H,1,6H2;2-5,10-12,15-16H,1,6-7H2/t13-,14+,15?,16-;14-,15-,16-;13-,14+,15?,16+;14-,15-,16-;9-,10+,11?,13-;10-,11-,12-/m111111/s1. The highest BCUT2D eigenvalue weighted by Crippen LogP contribution is 2.43. The fourth-order valence-corrected chi connectivity index (χ4v) is 17.8. The molecule has 6 saturated heterocycles. The summed E-state index contributed by atoms with van der Waals surface area (Å²) < 4.78 is 33.7. The van der Waals surface area contributed by atoms with E-state index >= 15 is 0 Å². The Morgan fingerprint density at radius 1 is 0.350 bits per heavy atom. The van der Waals surface area contributed by atoms with Gasteiger partial charge in [-0.3, -0.25) is 0 Å². The van der Waals surface area contributed by atoms with Crippen LogP contribution in [0.1, 0.15) is 108 Å². The molecule has 6 fully saturated rings. The summed E-state index contributed by atoms with van der Waals surface area (Å²) >= 11 is 3.21. The Morgan fingerprint density at radius 2 is 0.709 bits per heavy atom. The zero-order chi connectivity index (χ0) is 83.4. The summed E-state index contributed by atoms with van der Waals surface area (Å²) in [6.07, 6.45) is 1.96. The molecule has 10 aliphatic heterocycles. The van der Waals surface area contributed by atoms with Crippen molar-refractivity contribution in [3.05, 3.63) is 260 Å². The van der Waals surface area contributed by atoms with Gasteiger partial charge in [-0.2, -0.15) is 0 Å². The van der Waals surface area contributed by atoms with E-state index in [0.29, 0.717) is 25.0 Å². The topological polar surface area (TPSA) is 372 Å². The Kier molecular flexibility index (Phi) is 27.9. The molecule has 0 amide bonds. The monoisotopic (exact) mass is 1640 g/mol. The quantitative estimate of drug-likeness (QED) is 0.0551. The van der Waals surface area contributed by atoms with E-state index in [1.54, 1.807) is 44.9 Å². The SMILES string of the molecule is C=C1c2ccc(C)cc2C=CN1[C@@H]1O[C@H](CO)[C@H](O)C1O.C=C1c2ccc(C)cc2C=CN1[C@H]1C[C@@H](O)[C@@H](CO)O1.C=C1c2sccc2C=CN1[C@@H]1O[C@H](CO)[C@H](O)C1O.C=C1c2sccc2C=CN1[C@H]1C[C@@H](O)[C@@H](CO)O1.Cc1cc2ccccc2cc1[C@@H]1O[C@H](CO)[C@H](O)C1O.Cc1cc2ccccc2cc1[C@H]1C[C@@H](O)[C@@H](CO)O1. The lowest BCUT2D eigenvalue weighted by Crippen LogP contribution is -2.41. The molecule has 27 heteroatoms. The molecule has 2 aromatic heterocycles. The molecule has 0 radical (unpaired) electrons. The third kappa shape index (κ3) is 18.3. The van der Waals surface area contributed by atoms with Crippen molar-refractivity contribution in [2.24, 2.45) is 0 Å². The molecular formula is C90H104N4O21S2. The largest absolute Gasteiger partial charge is 0.394 e. The van der Waals surface area contributed by atoms with E-state index in [1.807, 2.05) is 138 Å². The van der Waals surface area contributed by atoms with Gasteiger partial charge in [0, 0.05) is 66.6 Å². The van der Waals surface area contributed by atoms with E-state index in [-0.39, 0.29) is 58.2 Å². The van der Waals surface area contributed by atoms with Gasteiger partial charge in [0.15, 0.2) is 12.5 Å². The van der Waals surface area contributed by atoms with Crippen molar-refractivity contribution in [2.45, 2.75) is 176 Å². The highest BCUT2D eigenvalue weighted by Gasteiger charge is 2.49. The van der Waals surface area contributed by atoms with Crippen molar-refractivity contribution in [3.8, 4) is 0 Å². The zero-order valence-electron chi connectivity index (χ0n) is 65.4. The van der Waals surface area contributed by atoms with E-state index in [4.69, 9.17) is 59.1 Å². The van der Waals surface area contributed by atoms with Crippen molar-refractivity contribution >= 4 is 91.3 Å². The summed E-state index contributed by atoms with van der Waals surface area (Å²) in [4.78, 5) is 9.39. The van der Waals surface area contributed by atoms with Crippen LogP contribution in [0.15, 0.2) is 183 Å². The number of aryl methyl sites for hydroxylation is 4. The lowest BCUT2D eigenvalue weighted by Gasteiger charge is -2.34. The number of aliphatic hydroxyl groups excluding tert-OH is 15. The third-order valence-electron chi connectivity index (χ3n) is 22.7. The highest BCUT2D eigenvalue weighted by molar-refractivity contribution is 7.11. The highest BCUT2D eigenvalue weighted by atomic mass is 32.1. The number of ether oxygens (including phenoxy) is 6. The maximum atomic E-state index is 10.1. The molecule has 622 valence electrons. The predicted octanol–water partition coefficient (Wildman–Crippen LogP) is 7.96. The second kappa shape index (κ2) is 37.9. The van der Waals surface area contributed by atoms with Gasteiger partial charge in [-0.1, -0.05) is 135 Å². The summed E-state index contributed by atoms with van der Waals surface area (Å²) in [5.41, 5.74) is 16.1. The van der Waals surface area contributed by atoms with Gasteiger partial charge >= 0.3 is 0 Å². The summed E-state index contributed by atoms with van der Waals surface area (Å²) in [6.45, 7) is 23.0. The molecule has 18 rings (SSSR count). The first-order valence-corrected chi connectivity index (χ1v) is 40.7. The molecule has 0 saturated carbocycles. The number of hydrogen-bond acceptors (Lipinski definition) is 27. The Balaban J connectivity index is 0.000000122. The molecule has 25 nitrogen and oxygen atoms in total. The second-order valence-electron chi connectivity index (χ2n) is 30.5. The number of benzene rings is 6. The molecule has 117 heavy (non-hydrogen) atoms. The van der Waals surface area contributed by atoms with Crippen LogP contribution in [-0.2, 0) is 28.4 Å². The summed E-state index contributed by atoms with van der Waals surface area (Å²) in [6, 6.07) is 40.8. The van der Waals surface area contributed by atoms with Gasteiger partial charge in [0.05, 0.1) is 85.2 Å². The van der Waals surface area contributed by atoms with Crippen molar-refractivity contribution in [1.29, 1.82) is 0 Å². The molecule has 15 N–H and O–H groups in total. The van der Waals surface area contributed by atoms with Gasteiger partial charge in [-0.15, -0.1) is 22.7 Å². The lowest BCUT2D eigenvalue weighted by atomic mass is 9.94. The van der Waals surface area contributed by atoms with Crippen molar-refractivity contribution in [3.63, 3.8) is 0 Å². The van der Waals surface area contributed by atoms with Gasteiger partial charge in [0.2, 0.25) is 0 Å². The van der Waals surface area contributed by atoms with Crippen molar-refractivity contribution < 1.29 is 105 Å². The minimum Gasteiger partial charge on any atom is -0.394 e. The smallest absolute Gasteiger partial charge is 0.163 e. The Bertz CT molecular complexity index is 4990. The minimum absolute atomic E-state index is 0.128. The number of nitrogens with zero attached hydrogens (tertiary/aromatic N) is 4. The minimum atomic E-state index is -1.11. The van der Waals surface area contributed by atoms with E-state index < -0.39 is 110 Å². The van der Waals surface area contributed by atoms with Crippen LogP contribution >= 0.6 is 22.7 Å².